The van der Waals surface area contributed by atoms with Gasteiger partial charge in [-0.15, -0.1) is 0 Å². The first-order valence-electron chi connectivity index (χ1n) is 3.47. The molecular formula is C7H11NaO7S. The van der Waals surface area contributed by atoms with Crippen LogP contribution in [0.1, 0.15) is 6.42 Å². The van der Waals surface area contributed by atoms with Gasteiger partial charge in [0.1, 0.15) is 0 Å². The van der Waals surface area contributed by atoms with Crippen molar-refractivity contribution in [1.82, 2.24) is 0 Å². The van der Waals surface area contributed by atoms with Crippen LogP contribution in [0.25, 0.3) is 0 Å². The van der Waals surface area contributed by atoms with Crippen LogP contribution in [0.5, 0.6) is 0 Å². The summed E-state index contributed by atoms with van der Waals surface area (Å²) in [5.74, 6) is -3.50. The van der Waals surface area contributed by atoms with Crippen LogP contribution in [0, 0.1) is 6.92 Å². The normalized spacial score (nSPS) is 11.1. The molecule has 9 heteroatoms. The van der Waals surface area contributed by atoms with Crippen molar-refractivity contribution < 1.29 is 62.3 Å². The molecule has 1 atom stereocenters. The molecule has 0 rings (SSSR count). The molecule has 0 aliphatic carbocycles. The number of aliphatic carboxylic acids is 2. The van der Waals surface area contributed by atoms with Crippen molar-refractivity contribution in [3.8, 4) is 0 Å². The molecule has 0 bridgehead atoms. The van der Waals surface area contributed by atoms with Gasteiger partial charge < -0.3 is 10.2 Å². The van der Waals surface area contributed by atoms with Crippen molar-refractivity contribution in [2.75, 3.05) is 0 Å². The number of carboxylic acids is 2. The Morgan fingerprint density at radius 3 is 1.75 bits per heavy atom. The predicted molar refractivity (Wildman–Crippen MR) is 50.8 cm³/mol. The fourth-order valence-corrected chi connectivity index (χ4v) is 1.09. The molecule has 0 aromatic heterocycles. The number of hydrogen-bond donors (Lipinski definition) is 3. The summed E-state index contributed by atoms with van der Waals surface area (Å²) in [4.78, 5) is 20.0. The van der Waals surface area contributed by atoms with Gasteiger partial charge in [-0.25, -0.2) is 19.6 Å². The second-order valence-electron chi connectivity index (χ2n) is 2.23. The summed E-state index contributed by atoms with van der Waals surface area (Å²) in [5.41, 5.74) is 0. The van der Waals surface area contributed by atoms with E-state index in [0.29, 0.717) is 0 Å². The Morgan fingerprint density at radius 1 is 1.38 bits per heavy atom. The minimum atomic E-state index is -4.84. The largest absolute Gasteiger partial charge is 1.00 e. The summed E-state index contributed by atoms with van der Waals surface area (Å²) in [6, 6.07) is 0. The van der Waals surface area contributed by atoms with E-state index in [0.717, 1.165) is 0 Å². The summed E-state index contributed by atoms with van der Waals surface area (Å²) in [5, 5.41) is 13.9. The monoisotopic (exact) mass is 262 g/mol. The molecule has 0 aliphatic heterocycles. The zero-order valence-electron chi connectivity index (χ0n) is 8.66. The average Bonchev–Trinajstić information content (AvgIpc) is 1.98. The average molecular weight is 262 g/mol. The fraction of sp³-hybridized carbons (Fsp3) is 0.286. The number of carbonyl (C=O) groups is 2. The molecule has 3 N–H and O–H groups in total. The van der Waals surface area contributed by atoms with Crippen molar-refractivity contribution in [3.05, 3.63) is 19.6 Å². The third-order valence-corrected chi connectivity index (χ3v) is 2.08. The zero-order valence-corrected chi connectivity index (χ0v) is 11.5. The molecule has 0 fully saturated rings. The Hall–Kier alpha value is -0.540. The number of rotatable bonds is 4. The Morgan fingerprint density at radius 2 is 1.69 bits per heavy atom. The van der Waals surface area contributed by atoms with Gasteiger partial charge in [-0.05, 0) is 0 Å². The Kier molecular flexibility index (Phi) is 12.6. The molecule has 0 heterocycles. The van der Waals surface area contributed by atoms with Gasteiger partial charge in [-0.1, -0.05) is 0 Å². The van der Waals surface area contributed by atoms with Crippen LogP contribution in [0.4, 0.5) is 0 Å². The van der Waals surface area contributed by atoms with Gasteiger partial charge in [-0.3, -0.25) is 14.1 Å². The van der Waals surface area contributed by atoms with Crippen molar-refractivity contribution in [2.24, 2.45) is 0 Å². The molecule has 0 saturated heterocycles. The van der Waals surface area contributed by atoms with Gasteiger partial charge in [0.15, 0.2) is 5.25 Å². The molecule has 1 unspecified atom stereocenters. The maximum absolute atomic E-state index is 10.2. The van der Waals surface area contributed by atoms with Crippen LogP contribution in [0.2, 0.25) is 0 Å². The molecule has 7 nitrogen and oxygen atoms in total. The third kappa shape index (κ3) is 11.5. The molecule has 0 aromatic carbocycles. The minimum absolute atomic E-state index is 0. The van der Waals surface area contributed by atoms with Gasteiger partial charge in [0.05, 0.1) is 6.42 Å². The van der Waals surface area contributed by atoms with E-state index in [1.54, 1.807) is 0 Å². The molecule has 0 amide bonds. The van der Waals surface area contributed by atoms with Crippen LogP contribution in [0.15, 0.2) is 12.7 Å². The number of carboxylic acid groups (broad SMARTS) is 2. The van der Waals surface area contributed by atoms with Crippen molar-refractivity contribution in [1.29, 1.82) is 0 Å². The Bertz CT molecular complexity index is 335. The molecule has 0 aliphatic rings. The topological polar surface area (TPSA) is 129 Å². The Labute approximate surface area is 115 Å². The molecule has 0 spiro atoms. The summed E-state index contributed by atoms with van der Waals surface area (Å²) < 4.78 is 28.7. The predicted octanol–water partition coefficient (Wildman–Crippen LogP) is -3.19. The smallest absolute Gasteiger partial charge is 0.481 e. The van der Waals surface area contributed by atoms with E-state index >= 15 is 0 Å². The van der Waals surface area contributed by atoms with Gasteiger partial charge in [0, 0.05) is 0 Å². The Balaban J connectivity index is -0.000000377. The van der Waals surface area contributed by atoms with Gasteiger partial charge in [0.2, 0.25) is 0 Å². The van der Waals surface area contributed by atoms with Crippen molar-refractivity contribution >= 4 is 22.1 Å². The SMILES string of the molecule is C=C[CH2-].O=C(O)CC(C(=O)O)S(=O)(=O)O.[Na+]. The van der Waals surface area contributed by atoms with E-state index < -0.39 is 33.7 Å². The molecule has 88 valence electrons. The van der Waals surface area contributed by atoms with E-state index in [2.05, 4.69) is 13.5 Å². The molecular weight excluding hydrogens is 251 g/mol. The summed E-state index contributed by atoms with van der Waals surface area (Å²) >= 11 is 0. The van der Waals surface area contributed by atoms with Crippen LogP contribution < -0.4 is 29.6 Å². The standard InChI is InChI=1S/C4H6O7S.C3H5.Na/c5-3(6)1-2(4(7)8)12(9,10)11;1-3-2;/h2H,1H2,(H,5,6)(H,7,8)(H,9,10,11);3H,1-2H2;/q;-1;+1. The van der Waals surface area contributed by atoms with Gasteiger partial charge >= 0.3 is 41.5 Å². The fourth-order valence-electron chi connectivity index (χ4n) is 0.479. The first-order chi connectivity index (χ1) is 6.66. The summed E-state index contributed by atoms with van der Waals surface area (Å²) in [6.07, 6.45) is 0.341. The number of hydrogen-bond acceptors (Lipinski definition) is 4. The quantitative estimate of drug-likeness (QED) is 0.276. The molecule has 0 saturated carbocycles. The van der Waals surface area contributed by atoms with E-state index in [1.165, 1.54) is 6.08 Å². The summed E-state index contributed by atoms with van der Waals surface area (Å²) in [6.45, 7) is 6.50. The van der Waals surface area contributed by atoms with Crippen LogP contribution >= 0.6 is 0 Å². The maximum atomic E-state index is 10.2. The second kappa shape index (κ2) is 9.67. The second-order valence-corrected chi connectivity index (χ2v) is 3.83. The molecule has 16 heavy (non-hydrogen) atoms. The molecule has 0 aromatic rings. The first-order valence-corrected chi connectivity index (χ1v) is 4.98. The van der Waals surface area contributed by atoms with E-state index in [9.17, 15) is 18.0 Å². The summed E-state index contributed by atoms with van der Waals surface area (Å²) in [7, 11) is -4.84. The minimum Gasteiger partial charge on any atom is -0.481 e. The van der Waals surface area contributed by atoms with Gasteiger partial charge in [0.25, 0.3) is 10.1 Å². The van der Waals surface area contributed by atoms with Crippen molar-refractivity contribution in [2.45, 2.75) is 11.7 Å². The molecule has 0 radical (unpaired) electrons. The number of allylic oxidation sites excluding steroid dienone is 1. The van der Waals surface area contributed by atoms with Crippen LogP contribution in [-0.2, 0) is 19.7 Å². The van der Waals surface area contributed by atoms with Gasteiger partial charge in [-0.2, -0.15) is 8.42 Å². The van der Waals surface area contributed by atoms with E-state index in [-0.39, 0.29) is 29.6 Å². The van der Waals surface area contributed by atoms with E-state index in [4.69, 9.17) is 14.8 Å². The van der Waals surface area contributed by atoms with Crippen molar-refractivity contribution in [3.63, 3.8) is 0 Å². The van der Waals surface area contributed by atoms with Crippen LogP contribution in [0.3, 0.4) is 0 Å². The van der Waals surface area contributed by atoms with E-state index in [1.807, 2.05) is 0 Å². The maximum Gasteiger partial charge on any atom is 1.00 e. The third-order valence-electron chi connectivity index (χ3n) is 0.995. The first kappa shape index (κ1) is 20.8. The zero-order chi connectivity index (χ0) is 12.6. The van der Waals surface area contributed by atoms with Crippen LogP contribution in [-0.4, -0.2) is 40.4 Å².